The van der Waals surface area contributed by atoms with Gasteiger partial charge in [-0.05, 0) is 31.0 Å². The first-order valence-corrected chi connectivity index (χ1v) is 7.12. The second-order valence-electron chi connectivity index (χ2n) is 5.54. The predicted molar refractivity (Wildman–Crippen MR) is 83.9 cm³/mol. The number of benzene rings is 1. The summed E-state index contributed by atoms with van der Waals surface area (Å²) < 4.78 is 29.5. The summed E-state index contributed by atoms with van der Waals surface area (Å²) in [6.45, 7) is 3.42. The van der Waals surface area contributed by atoms with Gasteiger partial charge in [0.05, 0.1) is 6.10 Å². The summed E-state index contributed by atoms with van der Waals surface area (Å²) in [5.74, 6) is 0.363. The van der Waals surface area contributed by atoms with Crippen LogP contribution in [0.1, 0.15) is 16.7 Å². The Labute approximate surface area is 135 Å². The first-order valence-electron chi connectivity index (χ1n) is 7.12. The zero-order chi connectivity index (χ0) is 15.4. The van der Waals surface area contributed by atoms with E-state index >= 15 is 0 Å². The SMILES string of the molecule is Cc1cc(CNCC2CNCC2O)c(OC(F)F)cc1C.Cl. The highest BCUT2D eigenvalue weighted by Gasteiger charge is 2.24. The van der Waals surface area contributed by atoms with Crippen LogP contribution in [0.5, 0.6) is 5.75 Å². The van der Waals surface area contributed by atoms with Crippen molar-refractivity contribution in [1.82, 2.24) is 10.6 Å². The zero-order valence-corrected chi connectivity index (χ0v) is 13.6. The molecule has 1 saturated heterocycles. The summed E-state index contributed by atoms with van der Waals surface area (Å²) in [7, 11) is 0. The van der Waals surface area contributed by atoms with Crippen molar-refractivity contribution in [1.29, 1.82) is 0 Å². The van der Waals surface area contributed by atoms with E-state index in [1.54, 1.807) is 6.07 Å². The molecule has 1 heterocycles. The zero-order valence-electron chi connectivity index (χ0n) is 12.7. The molecule has 7 heteroatoms. The molecular weight excluding hydrogens is 314 g/mol. The monoisotopic (exact) mass is 336 g/mol. The molecule has 4 nitrogen and oxygen atoms in total. The van der Waals surface area contributed by atoms with E-state index < -0.39 is 6.61 Å². The van der Waals surface area contributed by atoms with Crippen LogP contribution in [-0.2, 0) is 6.54 Å². The van der Waals surface area contributed by atoms with Crippen LogP contribution < -0.4 is 15.4 Å². The topological polar surface area (TPSA) is 53.5 Å². The first-order chi connectivity index (χ1) is 9.97. The maximum atomic E-state index is 12.5. The van der Waals surface area contributed by atoms with Crippen LogP contribution in [0.25, 0.3) is 0 Å². The molecule has 1 aliphatic heterocycles. The van der Waals surface area contributed by atoms with Gasteiger partial charge in [-0.1, -0.05) is 6.07 Å². The number of aliphatic hydroxyl groups excluding tert-OH is 1. The van der Waals surface area contributed by atoms with Gasteiger partial charge in [0, 0.05) is 37.7 Å². The molecule has 3 N–H and O–H groups in total. The summed E-state index contributed by atoms with van der Waals surface area (Å²) >= 11 is 0. The fourth-order valence-corrected chi connectivity index (χ4v) is 2.51. The third kappa shape index (κ3) is 5.05. The number of ether oxygens (including phenoxy) is 1. The molecule has 0 aliphatic carbocycles. The average molecular weight is 337 g/mol. The van der Waals surface area contributed by atoms with Crippen LogP contribution >= 0.6 is 12.4 Å². The summed E-state index contributed by atoms with van der Waals surface area (Å²) in [4.78, 5) is 0. The van der Waals surface area contributed by atoms with Crippen LogP contribution in [0.15, 0.2) is 12.1 Å². The van der Waals surface area contributed by atoms with Gasteiger partial charge in [0.15, 0.2) is 0 Å². The normalized spacial score (nSPS) is 21.0. The third-order valence-corrected chi connectivity index (χ3v) is 3.92. The summed E-state index contributed by atoms with van der Waals surface area (Å²) in [5.41, 5.74) is 2.67. The summed E-state index contributed by atoms with van der Waals surface area (Å²) in [6.07, 6.45) is -0.353. The van der Waals surface area contributed by atoms with Gasteiger partial charge in [-0.3, -0.25) is 0 Å². The van der Waals surface area contributed by atoms with E-state index in [-0.39, 0.29) is 30.2 Å². The second kappa shape index (κ2) is 8.62. The van der Waals surface area contributed by atoms with Gasteiger partial charge < -0.3 is 20.5 Å². The lowest BCUT2D eigenvalue weighted by Gasteiger charge is -2.17. The van der Waals surface area contributed by atoms with Crippen molar-refractivity contribution in [3.63, 3.8) is 0 Å². The highest BCUT2D eigenvalue weighted by atomic mass is 35.5. The third-order valence-electron chi connectivity index (χ3n) is 3.92. The quantitative estimate of drug-likeness (QED) is 0.744. The van der Waals surface area contributed by atoms with Gasteiger partial charge in [-0.2, -0.15) is 8.78 Å². The van der Waals surface area contributed by atoms with E-state index in [4.69, 9.17) is 0 Å². The van der Waals surface area contributed by atoms with Crippen molar-refractivity contribution >= 4 is 12.4 Å². The number of rotatable bonds is 6. The number of β-amino-alcohol motifs (C(OH)–C–C–N with tert-alkyl or cyclic N) is 1. The molecular formula is C15H23ClF2N2O2. The van der Waals surface area contributed by atoms with Gasteiger partial charge in [0.2, 0.25) is 0 Å². The molecule has 1 aromatic rings. The number of alkyl halides is 2. The molecule has 2 atom stereocenters. The van der Waals surface area contributed by atoms with Gasteiger partial charge in [-0.25, -0.2) is 0 Å². The molecule has 126 valence electrons. The van der Waals surface area contributed by atoms with Crippen molar-refractivity contribution in [2.75, 3.05) is 19.6 Å². The number of halogens is 3. The Morgan fingerprint density at radius 3 is 2.59 bits per heavy atom. The lowest BCUT2D eigenvalue weighted by molar-refractivity contribution is -0.0505. The lowest BCUT2D eigenvalue weighted by Crippen LogP contribution is -2.30. The molecule has 1 aromatic carbocycles. The lowest BCUT2D eigenvalue weighted by atomic mass is 10.0. The molecule has 2 unspecified atom stereocenters. The van der Waals surface area contributed by atoms with Crippen LogP contribution in [0.3, 0.4) is 0 Å². The molecule has 1 aliphatic rings. The molecule has 0 bridgehead atoms. The van der Waals surface area contributed by atoms with E-state index in [1.165, 1.54) is 0 Å². The van der Waals surface area contributed by atoms with Gasteiger partial charge >= 0.3 is 6.61 Å². The van der Waals surface area contributed by atoms with Crippen LogP contribution in [0.2, 0.25) is 0 Å². The molecule has 1 fully saturated rings. The van der Waals surface area contributed by atoms with Crippen LogP contribution in [0, 0.1) is 19.8 Å². The Hall–Kier alpha value is -0.950. The Kier molecular flexibility index (Phi) is 7.48. The summed E-state index contributed by atoms with van der Waals surface area (Å²) in [5, 5.41) is 16.0. The minimum absolute atomic E-state index is 0. The Morgan fingerprint density at radius 2 is 2.00 bits per heavy atom. The van der Waals surface area contributed by atoms with Crippen molar-refractivity contribution in [3.8, 4) is 5.75 Å². The number of hydrogen-bond donors (Lipinski definition) is 3. The predicted octanol–water partition coefficient (Wildman–Crippen LogP) is 2.00. The molecule has 2 rings (SSSR count). The highest BCUT2D eigenvalue weighted by molar-refractivity contribution is 5.85. The first kappa shape index (κ1) is 19.1. The Bertz CT molecular complexity index is 489. The minimum Gasteiger partial charge on any atom is -0.434 e. The fourth-order valence-electron chi connectivity index (χ4n) is 2.51. The van der Waals surface area contributed by atoms with E-state index in [0.717, 1.165) is 17.7 Å². The maximum Gasteiger partial charge on any atom is 0.387 e. The standard InChI is InChI=1S/C15H22F2N2O2.ClH/c1-9-3-11(14(4-10(9)2)21-15(16)17)5-18-6-12-7-19-8-13(12)20;/h3-4,12-13,15,18-20H,5-8H2,1-2H3;1H. The van der Waals surface area contributed by atoms with Crippen molar-refractivity contribution in [2.24, 2.45) is 5.92 Å². The molecule has 22 heavy (non-hydrogen) atoms. The smallest absolute Gasteiger partial charge is 0.387 e. The number of nitrogens with one attached hydrogen (secondary N) is 2. The van der Waals surface area contributed by atoms with Gasteiger partial charge in [0.25, 0.3) is 0 Å². The van der Waals surface area contributed by atoms with Gasteiger partial charge in [-0.15, -0.1) is 12.4 Å². The van der Waals surface area contributed by atoms with E-state index in [0.29, 0.717) is 25.2 Å². The molecule has 0 amide bonds. The van der Waals surface area contributed by atoms with Crippen molar-refractivity contribution in [2.45, 2.75) is 33.1 Å². The maximum absolute atomic E-state index is 12.5. The van der Waals surface area contributed by atoms with E-state index in [9.17, 15) is 13.9 Å². The summed E-state index contributed by atoms with van der Waals surface area (Å²) in [6, 6.07) is 3.51. The number of aryl methyl sites for hydroxylation is 2. The van der Waals surface area contributed by atoms with Crippen molar-refractivity contribution in [3.05, 3.63) is 28.8 Å². The Balaban J connectivity index is 0.00000242. The molecule has 0 radical (unpaired) electrons. The van der Waals surface area contributed by atoms with Gasteiger partial charge in [0.1, 0.15) is 5.75 Å². The molecule has 0 spiro atoms. The fraction of sp³-hybridized carbons (Fsp3) is 0.600. The highest BCUT2D eigenvalue weighted by Crippen LogP contribution is 2.25. The van der Waals surface area contributed by atoms with E-state index in [2.05, 4.69) is 15.4 Å². The van der Waals surface area contributed by atoms with Crippen LogP contribution in [-0.4, -0.2) is 37.5 Å². The van der Waals surface area contributed by atoms with Crippen LogP contribution in [0.4, 0.5) is 8.78 Å². The van der Waals surface area contributed by atoms with Crippen molar-refractivity contribution < 1.29 is 18.6 Å². The number of aliphatic hydroxyl groups is 1. The Morgan fingerprint density at radius 1 is 1.32 bits per heavy atom. The number of hydrogen-bond acceptors (Lipinski definition) is 4. The minimum atomic E-state index is -2.83. The average Bonchev–Trinajstić information content (AvgIpc) is 2.80. The van der Waals surface area contributed by atoms with E-state index in [1.807, 2.05) is 19.9 Å². The molecule has 0 aromatic heterocycles. The second-order valence-corrected chi connectivity index (χ2v) is 5.54. The molecule has 0 saturated carbocycles. The largest absolute Gasteiger partial charge is 0.434 e.